The molecular weight excluding hydrogens is 335 g/mol. The van der Waals surface area contributed by atoms with E-state index in [2.05, 4.69) is 70.9 Å². The molecule has 1 heterocycles. The Kier molecular flexibility index (Phi) is 5.30. The zero-order chi connectivity index (χ0) is 13.0. The van der Waals surface area contributed by atoms with E-state index in [4.69, 9.17) is 0 Å². The van der Waals surface area contributed by atoms with E-state index in [1.165, 1.54) is 28.5 Å². The van der Waals surface area contributed by atoms with Crippen molar-refractivity contribution in [2.45, 2.75) is 45.2 Å². The number of nitrogens with zero attached hydrogens (tertiary/aromatic N) is 1. The third-order valence-electron chi connectivity index (χ3n) is 3.77. The molecule has 2 nitrogen and oxygen atoms in total. The van der Waals surface area contributed by atoms with E-state index in [1.807, 2.05) is 0 Å². The lowest BCUT2D eigenvalue weighted by atomic mass is 10.0. The van der Waals surface area contributed by atoms with E-state index in [0.29, 0.717) is 12.1 Å². The zero-order valence-corrected chi connectivity index (χ0v) is 13.5. The molecule has 0 spiro atoms. The summed E-state index contributed by atoms with van der Waals surface area (Å²) in [7, 11) is 0. The SMILES string of the molecule is CCCC1CN(c2ccccc2I)C(CC)CN1. The molecule has 1 saturated heterocycles. The van der Waals surface area contributed by atoms with Gasteiger partial charge in [0.2, 0.25) is 0 Å². The summed E-state index contributed by atoms with van der Waals surface area (Å²) in [5, 5.41) is 3.70. The van der Waals surface area contributed by atoms with E-state index < -0.39 is 0 Å². The number of rotatable bonds is 4. The second kappa shape index (κ2) is 6.75. The Morgan fingerprint density at radius 2 is 2.11 bits per heavy atom. The molecule has 1 aromatic carbocycles. The highest BCUT2D eigenvalue weighted by atomic mass is 127. The van der Waals surface area contributed by atoms with E-state index in [1.54, 1.807) is 0 Å². The van der Waals surface area contributed by atoms with Gasteiger partial charge in [0.15, 0.2) is 0 Å². The molecule has 0 aromatic heterocycles. The van der Waals surface area contributed by atoms with Gasteiger partial charge in [-0.15, -0.1) is 0 Å². The topological polar surface area (TPSA) is 15.3 Å². The molecule has 18 heavy (non-hydrogen) atoms. The summed E-state index contributed by atoms with van der Waals surface area (Å²) in [6, 6.07) is 10.0. The molecular formula is C15H23IN2. The van der Waals surface area contributed by atoms with Gasteiger partial charge >= 0.3 is 0 Å². The van der Waals surface area contributed by atoms with Crippen LogP contribution >= 0.6 is 22.6 Å². The fourth-order valence-corrected chi connectivity index (χ4v) is 3.45. The molecule has 0 bridgehead atoms. The van der Waals surface area contributed by atoms with Crippen LogP contribution < -0.4 is 10.2 Å². The lowest BCUT2D eigenvalue weighted by Crippen LogP contribution is -2.56. The van der Waals surface area contributed by atoms with Gasteiger partial charge < -0.3 is 10.2 Å². The van der Waals surface area contributed by atoms with Gasteiger partial charge in [0.1, 0.15) is 0 Å². The average Bonchev–Trinajstić information content (AvgIpc) is 2.40. The summed E-state index contributed by atoms with van der Waals surface area (Å²) in [5.41, 5.74) is 1.41. The molecule has 3 heteroatoms. The maximum atomic E-state index is 3.70. The number of halogens is 1. The largest absolute Gasteiger partial charge is 0.365 e. The Bertz CT molecular complexity index is 381. The van der Waals surface area contributed by atoms with Gasteiger partial charge in [-0.2, -0.15) is 0 Å². The van der Waals surface area contributed by atoms with Crippen molar-refractivity contribution in [2.24, 2.45) is 0 Å². The lowest BCUT2D eigenvalue weighted by Gasteiger charge is -2.42. The molecule has 0 saturated carbocycles. The molecule has 2 rings (SSSR count). The summed E-state index contributed by atoms with van der Waals surface area (Å²) in [6.07, 6.45) is 3.74. The maximum Gasteiger partial charge on any atom is 0.0505 e. The van der Waals surface area contributed by atoms with Crippen molar-refractivity contribution in [3.8, 4) is 0 Å². The first-order valence-corrected chi connectivity index (χ1v) is 8.08. The highest BCUT2D eigenvalue weighted by Crippen LogP contribution is 2.27. The second-order valence-corrected chi connectivity index (χ2v) is 6.22. The Balaban J connectivity index is 2.18. The highest BCUT2D eigenvalue weighted by molar-refractivity contribution is 14.1. The molecule has 2 atom stereocenters. The predicted octanol–water partition coefficient (Wildman–Crippen LogP) is 3.65. The van der Waals surface area contributed by atoms with Gasteiger partial charge in [-0.25, -0.2) is 0 Å². The molecule has 2 unspecified atom stereocenters. The predicted molar refractivity (Wildman–Crippen MR) is 87.3 cm³/mol. The van der Waals surface area contributed by atoms with Crippen molar-refractivity contribution in [3.63, 3.8) is 0 Å². The number of hydrogen-bond donors (Lipinski definition) is 1. The number of piperazine rings is 1. The van der Waals surface area contributed by atoms with Crippen LogP contribution in [0.1, 0.15) is 33.1 Å². The van der Waals surface area contributed by atoms with Crippen molar-refractivity contribution in [1.82, 2.24) is 5.32 Å². The summed E-state index contributed by atoms with van der Waals surface area (Å²) >= 11 is 2.46. The van der Waals surface area contributed by atoms with Crippen molar-refractivity contribution < 1.29 is 0 Å². The Labute approximate surface area is 124 Å². The Morgan fingerprint density at radius 1 is 1.33 bits per heavy atom. The first kappa shape index (κ1) is 14.1. The van der Waals surface area contributed by atoms with Gasteiger partial charge in [-0.1, -0.05) is 32.4 Å². The number of para-hydroxylation sites is 1. The number of anilines is 1. The summed E-state index contributed by atoms with van der Waals surface area (Å²) < 4.78 is 1.37. The molecule has 0 aliphatic carbocycles. The summed E-state index contributed by atoms with van der Waals surface area (Å²) in [6.45, 7) is 6.82. The molecule has 0 radical (unpaired) electrons. The van der Waals surface area contributed by atoms with Gasteiger partial charge in [0, 0.05) is 28.7 Å². The lowest BCUT2D eigenvalue weighted by molar-refractivity contribution is 0.369. The fourth-order valence-electron chi connectivity index (χ4n) is 2.75. The van der Waals surface area contributed by atoms with Gasteiger partial charge in [-0.05, 0) is 47.6 Å². The second-order valence-electron chi connectivity index (χ2n) is 5.06. The summed E-state index contributed by atoms with van der Waals surface area (Å²) in [5.74, 6) is 0. The van der Waals surface area contributed by atoms with Crippen LogP contribution in [0.5, 0.6) is 0 Å². The molecule has 1 N–H and O–H groups in total. The first-order valence-electron chi connectivity index (χ1n) is 7.00. The minimum atomic E-state index is 0.633. The molecule has 0 amide bonds. The van der Waals surface area contributed by atoms with Crippen molar-refractivity contribution >= 4 is 28.3 Å². The monoisotopic (exact) mass is 358 g/mol. The molecule has 1 aliphatic heterocycles. The normalized spacial score (nSPS) is 24.3. The van der Waals surface area contributed by atoms with Crippen LogP contribution in [-0.4, -0.2) is 25.2 Å². The smallest absolute Gasteiger partial charge is 0.0505 e. The van der Waals surface area contributed by atoms with Crippen LogP contribution in [0.3, 0.4) is 0 Å². The fraction of sp³-hybridized carbons (Fsp3) is 0.600. The van der Waals surface area contributed by atoms with Crippen LogP contribution in [-0.2, 0) is 0 Å². The number of benzene rings is 1. The quantitative estimate of drug-likeness (QED) is 0.827. The van der Waals surface area contributed by atoms with Crippen LogP contribution in [0.2, 0.25) is 0 Å². The Hall–Kier alpha value is -0.290. The van der Waals surface area contributed by atoms with Crippen LogP contribution in [0.4, 0.5) is 5.69 Å². The Morgan fingerprint density at radius 3 is 2.78 bits per heavy atom. The molecule has 100 valence electrons. The van der Waals surface area contributed by atoms with E-state index >= 15 is 0 Å². The van der Waals surface area contributed by atoms with E-state index in [0.717, 1.165) is 13.1 Å². The van der Waals surface area contributed by atoms with Crippen LogP contribution in [0, 0.1) is 3.57 Å². The van der Waals surface area contributed by atoms with E-state index in [9.17, 15) is 0 Å². The van der Waals surface area contributed by atoms with Crippen molar-refractivity contribution in [1.29, 1.82) is 0 Å². The standard InChI is InChI=1S/C15H23IN2/c1-3-7-12-11-18(13(4-2)10-17-12)15-9-6-5-8-14(15)16/h5-6,8-9,12-13,17H,3-4,7,10-11H2,1-2H3. The molecule has 1 aliphatic rings. The van der Waals surface area contributed by atoms with Gasteiger partial charge in [0.25, 0.3) is 0 Å². The van der Waals surface area contributed by atoms with Gasteiger partial charge in [0.05, 0.1) is 5.69 Å². The summed E-state index contributed by atoms with van der Waals surface area (Å²) in [4.78, 5) is 2.61. The van der Waals surface area contributed by atoms with Crippen LogP contribution in [0.15, 0.2) is 24.3 Å². The zero-order valence-electron chi connectivity index (χ0n) is 11.3. The third-order valence-corrected chi connectivity index (χ3v) is 4.68. The van der Waals surface area contributed by atoms with Crippen molar-refractivity contribution in [2.75, 3.05) is 18.0 Å². The maximum absolute atomic E-state index is 3.70. The number of hydrogen-bond acceptors (Lipinski definition) is 2. The third kappa shape index (κ3) is 3.18. The van der Waals surface area contributed by atoms with Gasteiger partial charge in [-0.3, -0.25) is 0 Å². The average molecular weight is 358 g/mol. The first-order chi connectivity index (χ1) is 8.76. The van der Waals surface area contributed by atoms with Crippen LogP contribution in [0.25, 0.3) is 0 Å². The molecule has 1 fully saturated rings. The highest BCUT2D eigenvalue weighted by Gasteiger charge is 2.27. The minimum absolute atomic E-state index is 0.633. The molecule has 1 aromatic rings. The number of nitrogens with one attached hydrogen (secondary N) is 1. The van der Waals surface area contributed by atoms with E-state index in [-0.39, 0.29) is 0 Å². The van der Waals surface area contributed by atoms with Crippen molar-refractivity contribution in [3.05, 3.63) is 27.8 Å². The minimum Gasteiger partial charge on any atom is -0.365 e.